The van der Waals surface area contributed by atoms with Gasteiger partial charge in [0.05, 0.1) is 61.0 Å². The zero-order valence-corrected chi connectivity index (χ0v) is 37.8. The van der Waals surface area contributed by atoms with E-state index in [-0.39, 0.29) is 42.3 Å². The summed E-state index contributed by atoms with van der Waals surface area (Å²) in [5, 5.41) is 34.2. The van der Waals surface area contributed by atoms with Crippen LogP contribution in [0.2, 0.25) is 0 Å². The Morgan fingerprint density at radius 3 is 2.30 bits per heavy atom. The number of carbonyl (C=O) groups is 1. The molecule has 344 valence electrons. The van der Waals surface area contributed by atoms with Crippen LogP contribution in [0.5, 0.6) is 0 Å². The monoisotopic (exact) mass is 860 g/mol. The molecule has 19 atom stereocenters. The third-order valence-electron chi connectivity index (χ3n) is 14.3. The van der Waals surface area contributed by atoms with Crippen LogP contribution in [0.15, 0.2) is 47.1 Å². The van der Waals surface area contributed by atoms with Crippen LogP contribution in [0.3, 0.4) is 0 Å². The number of allylic oxidation sites excluding steroid dienone is 2. The molecule has 7 rings (SSSR count). The Balaban J connectivity index is 1.18. The van der Waals surface area contributed by atoms with Crippen molar-refractivity contribution in [3.8, 4) is 0 Å². The quantitative estimate of drug-likeness (QED) is 0.225. The van der Waals surface area contributed by atoms with E-state index in [0.717, 1.165) is 12.0 Å². The molecular formula is C47H72O14. The Labute approximate surface area is 361 Å². The highest BCUT2D eigenvalue weighted by atomic mass is 16.7. The third kappa shape index (κ3) is 9.67. The maximum absolute atomic E-state index is 14.3. The Morgan fingerprint density at radius 2 is 1.57 bits per heavy atom. The van der Waals surface area contributed by atoms with Gasteiger partial charge in [-0.15, -0.1) is 0 Å². The Bertz CT molecular complexity index is 1660. The molecule has 61 heavy (non-hydrogen) atoms. The molecule has 7 aliphatic rings. The molecule has 0 aromatic carbocycles. The average molecular weight is 861 g/mol. The van der Waals surface area contributed by atoms with Crippen LogP contribution in [-0.4, -0.2) is 139 Å². The summed E-state index contributed by atoms with van der Waals surface area (Å²) in [6, 6.07) is 0. The molecule has 14 nitrogen and oxygen atoms in total. The molecule has 1 spiro atoms. The van der Waals surface area contributed by atoms with Crippen molar-refractivity contribution < 1.29 is 67.5 Å². The van der Waals surface area contributed by atoms with Crippen LogP contribution < -0.4 is 0 Å². The van der Waals surface area contributed by atoms with Gasteiger partial charge in [0.15, 0.2) is 18.4 Å². The van der Waals surface area contributed by atoms with Crippen molar-refractivity contribution in [2.45, 2.75) is 198 Å². The first-order valence-corrected chi connectivity index (χ1v) is 22.7. The zero-order chi connectivity index (χ0) is 44.0. The van der Waals surface area contributed by atoms with Gasteiger partial charge in [-0.25, -0.2) is 4.79 Å². The molecule has 2 bridgehead atoms. The number of hydrogen-bond acceptors (Lipinski definition) is 14. The topological polar surface area (TPSA) is 170 Å². The molecule has 3 N–H and O–H groups in total. The van der Waals surface area contributed by atoms with Crippen LogP contribution in [0, 0.1) is 23.7 Å². The minimum Gasteiger partial charge on any atom is -0.459 e. The lowest BCUT2D eigenvalue weighted by Gasteiger charge is -2.50. The van der Waals surface area contributed by atoms with Crippen LogP contribution in [0.1, 0.15) is 100 Å². The summed E-state index contributed by atoms with van der Waals surface area (Å²) in [7, 11) is 3.22. The van der Waals surface area contributed by atoms with Crippen molar-refractivity contribution >= 4 is 5.97 Å². The summed E-state index contributed by atoms with van der Waals surface area (Å²) in [5.74, 6) is -1.59. The van der Waals surface area contributed by atoms with Gasteiger partial charge in [-0.05, 0) is 56.6 Å². The standard InChI is InChI=1S/C47H72O14/c1-24(2)41-27(5)16-17-46(61-41)22-33-19-32(60-46)15-14-26(4)42(25(3)12-11-13-31-23-54-44-39(48)28(6)18-34(45(50)57-33)47(31,44)51)58-38-21-36(53-10)43(30(8)56-38)59-37-20-35(52-9)40(49)29(7)55-37/h11-14,18,24-25,27-30,32-33,35-44,48-49,51H,15-17,19-23H2,1-10H3/b12-11+,26-14+,31-13+/t25-,27-,28?,29-,30-,32+,33-,35-,36-,37-,38-,39+,40-,41+,42-,43-,44+,46+,47+/m0/s1. The highest BCUT2D eigenvalue weighted by molar-refractivity contribution is 5.93. The van der Waals surface area contributed by atoms with E-state index in [1.807, 2.05) is 26.0 Å². The number of carbonyl (C=O) groups excluding carboxylic acids is 1. The fourth-order valence-corrected chi connectivity index (χ4v) is 10.8. The van der Waals surface area contributed by atoms with E-state index in [1.165, 1.54) is 0 Å². The largest absolute Gasteiger partial charge is 0.459 e. The summed E-state index contributed by atoms with van der Waals surface area (Å²) >= 11 is 0. The number of ether oxygens (including phenoxy) is 10. The SMILES string of the molecule is CO[C@H]1C[C@H](O[C@H]2[C@H](C)O[C@@H](O[C@@H]3/C(C)=C/C[C@@H]4C[C@@H](C[C@]5(CC[C@H](C)[C@@H](C(C)C)O5)O4)OC(=O)C4=CC(C)[C@@H](O)[C@H]5OC/C(=C\C=C\[C@@H]3C)[C@@]45O)C[C@@H]2OC)O[C@@H](C)[C@@H]1O. The van der Waals surface area contributed by atoms with E-state index >= 15 is 0 Å². The lowest BCUT2D eigenvalue weighted by Crippen LogP contribution is -2.56. The van der Waals surface area contributed by atoms with E-state index in [2.05, 4.69) is 33.8 Å². The predicted molar refractivity (Wildman–Crippen MR) is 223 cm³/mol. The number of methoxy groups -OCH3 is 2. The Morgan fingerprint density at radius 1 is 0.869 bits per heavy atom. The fraction of sp³-hybridized carbons (Fsp3) is 0.809. The van der Waals surface area contributed by atoms with Gasteiger partial charge in [-0.2, -0.15) is 0 Å². The summed E-state index contributed by atoms with van der Waals surface area (Å²) < 4.78 is 63.7. The first-order valence-electron chi connectivity index (χ1n) is 22.7. The lowest BCUT2D eigenvalue weighted by molar-refractivity contribution is -0.339. The lowest BCUT2D eigenvalue weighted by atomic mass is 9.72. The molecule has 1 aliphatic carbocycles. The number of hydrogen-bond donors (Lipinski definition) is 3. The Kier molecular flexibility index (Phi) is 14.8. The maximum Gasteiger partial charge on any atom is 0.337 e. The molecule has 1 unspecified atom stereocenters. The van der Waals surface area contributed by atoms with Crippen LogP contribution in [-0.2, 0) is 52.2 Å². The maximum atomic E-state index is 14.3. The second-order valence-electron chi connectivity index (χ2n) is 19.2. The van der Waals surface area contributed by atoms with E-state index in [4.69, 9.17) is 47.4 Å². The average Bonchev–Trinajstić information content (AvgIpc) is 3.56. The number of fused-ring (bicyclic) bond motifs is 2. The van der Waals surface area contributed by atoms with Crippen molar-refractivity contribution in [1.29, 1.82) is 0 Å². The number of esters is 1. The van der Waals surface area contributed by atoms with Crippen LogP contribution in [0.25, 0.3) is 0 Å². The van der Waals surface area contributed by atoms with E-state index in [9.17, 15) is 20.1 Å². The van der Waals surface area contributed by atoms with Gasteiger partial charge in [0.25, 0.3) is 0 Å². The summed E-state index contributed by atoms with van der Waals surface area (Å²) in [4.78, 5) is 14.3. The van der Waals surface area contributed by atoms with Crippen molar-refractivity contribution in [1.82, 2.24) is 0 Å². The van der Waals surface area contributed by atoms with E-state index < -0.39 is 90.8 Å². The highest BCUT2D eigenvalue weighted by Gasteiger charge is 2.59. The summed E-state index contributed by atoms with van der Waals surface area (Å²) in [6.45, 7) is 16.2. The molecule has 0 amide bonds. The Hall–Kier alpha value is -2.05. The third-order valence-corrected chi connectivity index (χ3v) is 14.3. The normalized spacial score (nSPS) is 49.6. The van der Waals surface area contributed by atoms with Crippen LogP contribution >= 0.6 is 0 Å². The molecular weight excluding hydrogens is 789 g/mol. The highest BCUT2D eigenvalue weighted by Crippen LogP contribution is 2.47. The number of aliphatic hydroxyl groups is 3. The van der Waals surface area contributed by atoms with Crippen molar-refractivity contribution in [3.63, 3.8) is 0 Å². The zero-order valence-electron chi connectivity index (χ0n) is 37.8. The molecule has 14 heteroatoms. The molecule has 5 saturated heterocycles. The minimum atomic E-state index is -1.88. The second-order valence-corrected chi connectivity index (χ2v) is 19.2. The fourth-order valence-electron chi connectivity index (χ4n) is 10.8. The molecule has 6 heterocycles. The van der Waals surface area contributed by atoms with Gasteiger partial charge >= 0.3 is 5.97 Å². The predicted octanol–water partition coefficient (Wildman–Crippen LogP) is 5.21. The van der Waals surface area contributed by atoms with Crippen molar-refractivity contribution in [2.75, 3.05) is 20.8 Å². The molecule has 0 aromatic rings. The van der Waals surface area contributed by atoms with E-state index in [0.29, 0.717) is 50.0 Å². The van der Waals surface area contributed by atoms with Gasteiger partial charge < -0.3 is 62.7 Å². The van der Waals surface area contributed by atoms with E-state index in [1.54, 1.807) is 40.2 Å². The van der Waals surface area contributed by atoms with Crippen molar-refractivity contribution in [3.05, 3.63) is 47.1 Å². The summed E-state index contributed by atoms with van der Waals surface area (Å²) in [6.07, 6.45) is 5.51. The molecule has 5 fully saturated rings. The first-order chi connectivity index (χ1) is 29.0. The van der Waals surface area contributed by atoms with Gasteiger partial charge in [0.2, 0.25) is 0 Å². The molecule has 0 saturated carbocycles. The molecule has 0 aromatic heterocycles. The molecule has 0 radical (unpaired) electrons. The number of rotatable bonds is 7. The van der Waals surface area contributed by atoms with Gasteiger partial charge in [-0.3, -0.25) is 0 Å². The minimum absolute atomic E-state index is 0.0228. The first kappa shape index (κ1) is 46.9. The summed E-state index contributed by atoms with van der Waals surface area (Å²) in [5.41, 5.74) is -0.369. The van der Waals surface area contributed by atoms with Gasteiger partial charge in [0.1, 0.15) is 30.0 Å². The second kappa shape index (κ2) is 19.2. The smallest absolute Gasteiger partial charge is 0.337 e. The van der Waals surface area contributed by atoms with Gasteiger partial charge in [0, 0.05) is 58.2 Å². The molecule has 6 aliphatic heterocycles. The van der Waals surface area contributed by atoms with Gasteiger partial charge in [-0.1, -0.05) is 65.0 Å². The van der Waals surface area contributed by atoms with Crippen LogP contribution in [0.4, 0.5) is 0 Å². The van der Waals surface area contributed by atoms with Crippen molar-refractivity contribution in [2.24, 2.45) is 23.7 Å². The number of aliphatic hydroxyl groups excluding tert-OH is 2.